The predicted octanol–water partition coefficient (Wildman–Crippen LogP) is 2.95. The third-order valence-corrected chi connectivity index (χ3v) is 5.64. The Morgan fingerprint density at radius 1 is 1.17 bits per heavy atom. The number of piperazine rings is 1. The second kappa shape index (κ2) is 8.27. The molecule has 0 spiro atoms. The van der Waals surface area contributed by atoms with E-state index in [-0.39, 0.29) is 22.3 Å². The average Bonchev–Trinajstić information content (AvgIpc) is 2.73. The van der Waals surface area contributed by atoms with Gasteiger partial charge in [0, 0.05) is 56.5 Å². The molecule has 1 N–H and O–H groups in total. The summed E-state index contributed by atoms with van der Waals surface area (Å²) < 4.78 is 19.0. The van der Waals surface area contributed by atoms with Crippen LogP contribution >= 0.6 is 0 Å². The van der Waals surface area contributed by atoms with E-state index in [1.54, 1.807) is 25.3 Å². The Hall–Kier alpha value is -3.20. The number of hydrogen-bond acceptors (Lipinski definition) is 6. The maximum Gasteiger partial charge on any atom is 0.292 e. The highest BCUT2D eigenvalue weighted by molar-refractivity contribution is 5.95. The molecule has 158 valence electrons. The second-order valence-electron chi connectivity index (χ2n) is 7.52. The van der Waals surface area contributed by atoms with Gasteiger partial charge in [0.2, 0.25) is 5.91 Å². The van der Waals surface area contributed by atoms with Crippen LogP contribution in [0.1, 0.15) is 17.5 Å². The van der Waals surface area contributed by atoms with Gasteiger partial charge in [-0.3, -0.25) is 19.8 Å². The molecule has 0 saturated carbocycles. The summed E-state index contributed by atoms with van der Waals surface area (Å²) in [6, 6.07) is 7.76. The zero-order valence-corrected chi connectivity index (χ0v) is 16.7. The summed E-state index contributed by atoms with van der Waals surface area (Å²) in [5.41, 5.74) is 2.79. The zero-order chi connectivity index (χ0) is 21.3. The first kappa shape index (κ1) is 20.1. The number of fused-ring (bicyclic) bond motifs is 1. The summed E-state index contributed by atoms with van der Waals surface area (Å²) in [7, 11) is 1.56. The monoisotopic (exact) mass is 414 g/mol. The number of nitro groups is 1. The normalized spacial score (nSPS) is 16.7. The van der Waals surface area contributed by atoms with Gasteiger partial charge in [0.05, 0.1) is 12.0 Å². The van der Waals surface area contributed by atoms with Crippen LogP contribution in [0.4, 0.5) is 21.5 Å². The van der Waals surface area contributed by atoms with Gasteiger partial charge >= 0.3 is 0 Å². The number of methoxy groups -OCH3 is 1. The van der Waals surface area contributed by atoms with E-state index in [0.717, 1.165) is 11.1 Å². The van der Waals surface area contributed by atoms with E-state index in [1.807, 2.05) is 4.90 Å². The van der Waals surface area contributed by atoms with Crippen molar-refractivity contribution >= 4 is 23.0 Å². The lowest BCUT2D eigenvalue weighted by molar-refractivity contribution is -0.384. The molecule has 1 saturated heterocycles. The number of anilines is 2. The fourth-order valence-electron chi connectivity index (χ4n) is 4.06. The molecule has 2 aromatic carbocycles. The third-order valence-electron chi connectivity index (χ3n) is 5.64. The predicted molar refractivity (Wildman–Crippen MR) is 110 cm³/mol. The van der Waals surface area contributed by atoms with Crippen molar-refractivity contribution in [3.8, 4) is 5.75 Å². The van der Waals surface area contributed by atoms with Crippen molar-refractivity contribution in [2.75, 3.05) is 43.5 Å². The van der Waals surface area contributed by atoms with Crippen molar-refractivity contribution in [2.45, 2.75) is 19.4 Å². The molecule has 2 aromatic rings. The van der Waals surface area contributed by atoms with E-state index >= 15 is 0 Å². The maximum absolute atomic E-state index is 13.6. The number of nitrogens with zero attached hydrogens (tertiary/aromatic N) is 3. The van der Waals surface area contributed by atoms with Gasteiger partial charge in [0.25, 0.3) is 5.69 Å². The lowest BCUT2D eigenvalue weighted by atomic mass is 10.0. The Balaban J connectivity index is 1.50. The molecule has 0 radical (unpaired) electrons. The number of amides is 1. The summed E-state index contributed by atoms with van der Waals surface area (Å²) in [4.78, 5) is 27.1. The number of ether oxygens (including phenoxy) is 1. The van der Waals surface area contributed by atoms with Crippen LogP contribution in [0.15, 0.2) is 30.3 Å². The van der Waals surface area contributed by atoms with E-state index < -0.39 is 0 Å². The van der Waals surface area contributed by atoms with Gasteiger partial charge in [-0.05, 0) is 36.2 Å². The molecule has 0 atom stereocenters. The van der Waals surface area contributed by atoms with Crippen molar-refractivity contribution < 1.29 is 18.8 Å². The second-order valence-corrected chi connectivity index (χ2v) is 7.52. The molecule has 4 rings (SSSR count). The molecule has 30 heavy (non-hydrogen) atoms. The minimum atomic E-state index is -0.365. The summed E-state index contributed by atoms with van der Waals surface area (Å²) in [5.74, 6) is 0.257. The van der Waals surface area contributed by atoms with Gasteiger partial charge in [-0.15, -0.1) is 0 Å². The van der Waals surface area contributed by atoms with Crippen LogP contribution in [-0.4, -0.2) is 49.0 Å². The molecule has 2 aliphatic rings. The first-order valence-electron chi connectivity index (χ1n) is 9.85. The third kappa shape index (κ3) is 4.06. The number of aryl methyl sites for hydroxylation is 1. The Morgan fingerprint density at radius 3 is 2.63 bits per heavy atom. The molecule has 2 heterocycles. The number of rotatable bonds is 5. The fourth-order valence-corrected chi connectivity index (χ4v) is 4.06. The Morgan fingerprint density at radius 2 is 1.93 bits per heavy atom. The molecule has 0 aromatic heterocycles. The van der Waals surface area contributed by atoms with E-state index in [0.29, 0.717) is 62.7 Å². The smallest absolute Gasteiger partial charge is 0.292 e. The number of nitrogens with one attached hydrogen (secondary N) is 1. The highest BCUT2D eigenvalue weighted by Crippen LogP contribution is 2.37. The summed E-state index contributed by atoms with van der Waals surface area (Å²) in [5, 5.41) is 14.5. The lowest BCUT2D eigenvalue weighted by Gasteiger charge is -2.36. The molecule has 0 bridgehead atoms. The van der Waals surface area contributed by atoms with Crippen LogP contribution in [0.3, 0.4) is 0 Å². The fraction of sp³-hybridized carbons (Fsp3) is 0.381. The van der Waals surface area contributed by atoms with Crippen molar-refractivity contribution in [3.05, 3.63) is 57.4 Å². The van der Waals surface area contributed by atoms with Gasteiger partial charge < -0.3 is 15.0 Å². The van der Waals surface area contributed by atoms with Crippen LogP contribution in [0.2, 0.25) is 0 Å². The molecule has 1 amide bonds. The van der Waals surface area contributed by atoms with E-state index in [9.17, 15) is 19.3 Å². The highest BCUT2D eigenvalue weighted by Gasteiger charge is 2.28. The molecule has 1 fully saturated rings. The molecule has 2 aliphatic heterocycles. The van der Waals surface area contributed by atoms with E-state index in [4.69, 9.17) is 4.74 Å². The molecule has 8 nitrogen and oxygen atoms in total. The zero-order valence-electron chi connectivity index (χ0n) is 16.7. The summed E-state index contributed by atoms with van der Waals surface area (Å²) in [6.07, 6.45) is 0.844. The van der Waals surface area contributed by atoms with Gasteiger partial charge in [0.1, 0.15) is 17.3 Å². The lowest BCUT2D eigenvalue weighted by Crippen LogP contribution is -2.46. The van der Waals surface area contributed by atoms with Gasteiger partial charge in [-0.1, -0.05) is 0 Å². The first-order chi connectivity index (χ1) is 14.4. The Labute approximate surface area is 173 Å². The molecule has 0 aliphatic carbocycles. The minimum Gasteiger partial charge on any atom is -0.496 e. The minimum absolute atomic E-state index is 0.0603. The highest BCUT2D eigenvalue weighted by atomic mass is 19.1. The molecular weight excluding hydrogens is 391 g/mol. The standard InChI is InChI=1S/C21H23FN4O4/c1-30-20-4-3-16(22)10-15(20)13-24-6-8-25(9-7-24)18-12-17-14(2-5-21(27)23-17)11-19(18)26(28)29/h3-4,10-12H,2,5-9,13H2,1H3,(H,23,27). The van der Waals surface area contributed by atoms with Crippen molar-refractivity contribution in [2.24, 2.45) is 0 Å². The van der Waals surface area contributed by atoms with Crippen LogP contribution in [0.25, 0.3) is 0 Å². The molecule has 9 heteroatoms. The van der Waals surface area contributed by atoms with E-state index in [2.05, 4.69) is 10.2 Å². The van der Waals surface area contributed by atoms with Crippen LogP contribution in [0, 0.1) is 15.9 Å². The quantitative estimate of drug-likeness (QED) is 0.598. The van der Waals surface area contributed by atoms with Crippen molar-refractivity contribution in [3.63, 3.8) is 0 Å². The Bertz CT molecular complexity index is 989. The van der Waals surface area contributed by atoms with Crippen molar-refractivity contribution in [1.82, 2.24) is 4.90 Å². The average molecular weight is 414 g/mol. The summed E-state index contributed by atoms with van der Waals surface area (Å²) in [6.45, 7) is 3.05. The number of hydrogen-bond donors (Lipinski definition) is 1. The van der Waals surface area contributed by atoms with Crippen LogP contribution in [0.5, 0.6) is 5.75 Å². The van der Waals surface area contributed by atoms with Gasteiger partial charge in [-0.2, -0.15) is 0 Å². The largest absolute Gasteiger partial charge is 0.496 e. The molecular formula is C21H23FN4O4. The SMILES string of the molecule is COc1ccc(F)cc1CN1CCN(c2cc3c(cc2[N+](=O)[O-])CCC(=O)N3)CC1. The number of nitro benzene ring substituents is 1. The molecule has 0 unspecified atom stereocenters. The van der Waals surface area contributed by atoms with Crippen LogP contribution < -0.4 is 15.0 Å². The van der Waals surface area contributed by atoms with Gasteiger partial charge in [0.15, 0.2) is 0 Å². The number of halogens is 1. The maximum atomic E-state index is 13.6. The number of carbonyl (C=O) groups is 1. The van der Waals surface area contributed by atoms with E-state index in [1.165, 1.54) is 12.1 Å². The topological polar surface area (TPSA) is 87.9 Å². The number of carbonyl (C=O) groups excluding carboxylic acids is 1. The number of benzene rings is 2. The summed E-state index contributed by atoms with van der Waals surface area (Å²) >= 11 is 0. The van der Waals surface area contributed by atoms with Gasteiger partial charge in [-0.25, -0.2) is 4.39 Å². The Kier molecular flexibility index (Phi) is 5.54. The van der Waals surface area contributed by atoms with Crippen molar-refractivity contribution in [1.29, 1.82) is 0 Å². The first-order valence-corrected chi connectivity index (χ1v) is 9.85. The van der Waals surface area contributed by atoms with Crippen LogP contribution in [-0.2, 0) is 17.8 Å².